The molecular formula is C28H27FN2O4. The molecule has 2 heterocycles. The maximum absolute atomic E-state index is 13.6. The van der Waals surface area contributed by atoms with Crippen molar-refractivity contribution in [2.45, 2.75) is 27.7 Å². The van der Waals surface area contributed by atoms with Gasteiger partial charge in [0.05, 0.1) is 24.9 Å². The molecule has 0 bridgehead atoms. The molecule has 1 amide bonds. The lowest BCUT2D eigenvalue weighted by Gasteiger charge is -2.18. The van der Waals surface area contributed by atoms with E-state index in [1.165, 1.54) is 24.1 Å². The number of hydrogen-bond donors (Lipinski definition) is 0. The van der Waals surface area contributed by atoms with Crippen molar-refractivity contribution in [3.8, 4) is 11.4 Å². The summed E-state index contributed by atoms with van der Waals surface area (Å²) in [5.74, 6) is -0.518. The van der Waals surface area contributed by atoms with Crippen molar-refractivity contribution in [2.75, 3.05) is 18.6 Å². The van der Waals surface area contributed by atoms with E-state index in [4.69, 9.17) is 9.47 Å². The number of amides is 1. The number of allylic oxidation sites excluding steroid dienone is 1. The maximum atomic E-state index is 13.6. The first-order valence-corrected chi connectivity index (χ1v) is 11.3. The molecule has 0 saturated carbocycles. The largest absolute Gasteiger partial charge is 0.494 e. The van der Waals surface area contributed by atoms with E-state index in [1.807, 2.05) is 31.4 Å². The lowest BCUT2D eigenvalue weighted by molar-refractivity contribution is -0.136. The van der Waals surface area contributed by atoms with Gasteiger partial charge in [-0.25, -0.2) is 9.18 Å². The average Bonchev–Trinajstić information content (AvgIpc) is 3.26. The molecule has 3 aromatic rings. The zero-order valence-electron chi connectivity index (χ0n) is 20.4. The Labute approximate surface area is 203 Å². The van der Waals surface area contributed by atoms with Crippen molar-refractivity contribution < 1.29 is 23.5 Å². The highest BCUT2D eigenvalue weighted by molar-refractivity contribution is 6.23. The molecule has 2 aromatic carbocycles. The quantitative estimate of drug-likeness (QED) is 0.349. The average molecular weight is 475 g/mol. The SMILES string of the molecule is CCOc1ccc(N2C(=O)/C(=C\c3cc(C)n(-c4ccc(F)cc4)c3C)C(C(=O)OC)=C2C)cc1. The van der Waals surface area contributed by atoms with Crippen molar-refractivity contribution >= 4 is 23.6 Å². The standard InChI is InChI=1S/C28H27FN2O4/c1-6-35-24-13-11-23(12-14-24)31-19(4)26(28(33)34-5)25(27(31)32)16-20-15-17(2)30(18(20)3)22-9-7-21(29)8-10-22/h7-16H,6H2,1-5H3/b25-16-. The molecule has 1 aliphatic heterocycles. The van der Waals surface area contributed by atoms with Gasteiger partial charge in [-0.1, -0.05) is 0 Å². The number of ether oxygens (including phenoxy) is 2. The van der Waals surface area contributed by atoms with Crippen LogP contribution >= 0.6 is 0 Å². The van der Waals surface area contributed by atoms with Crippen LogP contribution in [0, 0.1) is 19.7 Å². The lowest BCUT2D eigenvalue weighted by Crippen LogP contribution is -2.24. The Kier molecular flexibility index (Phi) is 6.60. The van der Waals surface area contributed by atoms with E-state index in [0.29, 0.717) is 23.7 Å². The first-order valence-electron chi connectivity index (χ1n) is 11.3. The fraction of sp³-hybridized carbons (Fsp3) is 0.214. The summed E-state index contributed by atoms with van der Waals surface area (Å²) in [5, 5.41) is 0. The number of carbonyl (C=O) groups excluding carboxylic acids is 2. The molecule has 7 heteroatoms. The second kappa shape index (κ2) is 9.62. The predicted molar refractivity (Wildman–Crippen MR) is 133 cm³/mol. The number of methoxy groups -OCH3 is 1. The fourth-order valence-electron chi connectivity index (χ4n) is 4.43. The third-order valence-corrected chi connectivity index (χ3v) is 6.05. The Hall–Kier alpha value is -4.13. The number of hydrogen-bond acceptors (Lipinski definition) is 4. The van der Waals surface area contributed by atoms with Gasteiger partial charge in [0.25, 0.3) is 5.91 Å². The molecule has 0 spiro atoms. The third kappa shape index (κ3) is 4.37. The molecule has 180 valence electrons. The van der Waals surface area contributed by atoms with Crippen LogP contribution in [-0.4, -0.2) is 30.2 Å². The van der Waals surface area contributed by atoms with E-state index < -0.39 is 5.97 Å². The molecule has 0 N–H and O–H groups in total. The molecule has 0 saturated heterocycles. The minimum absolute atomic E-state index is 0.220. The van der Waals surface area contributed by atoms with Gasteiger partial charge in [0.15, 0.2) is 0 Å². The first kappa shape index (κ1) is 24.0. The van der Waals surface area contributed by atoms with Gasteiger partial charge in [-0.2, -0.15) is 0 Å². The smallest absolute Gasteiger partial charge is 0.340 e. The van der Waals surface area contributed by atoms with Crippen LogP contribution in [0.2, 0.25) is 0 Å². The molecule has 0 atom stereocenters. The number of carbonyl (C=O) groups is 2. The molecule has 4 rings (SSSR count). The maximum Gasteiger partial charge on any atom is 0.340 e. The van der Waals surface area contributed by atoms with Crippen molar-refractivity contribution in [1.82, 2.24) is 4.57 Å². The van der Waals surface area contributed by atoms with E-state index in [-0.39, 0.29) is 22.9 Å². The van der Waals surface area contributed by atoms with Crippen molar-refractivity contribution in [1.29, 1.82) is 0 Å². The minimum Gasteiger partial charge on any atom is -0.494 e. The predicted octanol–water partition coefficient (Wildman–Crippen LogP) is 5.51. The van der Waals surface area contributed by atoms with Gasteiger partial charge >= 0.3 is 5.97 Å². The summed E-state index contributed by atoms with van der Waals surface area (Å²) in [6, 6.07) is 15.3. The Morgan fingerprint density at radius 2 is 1.63 bits per heavy atom. The van der Waals surface area contributed by atoms with E-state index in [2.05, 4.69) is 0 Å². The number of benzene rings is 2. The number of esters is 1. The van der Waals surface area contributed by atoms with E-state index in [9.17, 15) is 14.0 Å². The van der Waals surface area contributed by atoms with Crippen LogP contribution in [0.5, 0.6) is 5.75 Å². The van der Waals surface area contributed by atoms with E-state index in [0.717, 1.165) is 22.6 Å². The van der Waals surface area contributed by atoms with E-state index >= 15 is 0 Å². The van der Waals surface area contributed by atoms with Crippen LogP contribution in [0.4, 0.5) is 10.1 Å². The van der Waals surface area contributed by atoms with E-state index in [1.54, 1.807) is 49.4 Å². The lowest BCUT2D eigenvalue weighted by atomic mass is 10.0. The zero-order valence-corrected chi connectivity index (χ0v) is 20.4. The number of aryl methyl sites for hydroxylation is 1. The number of nitrogens with zero attached hydrogens (tertiary/aromatic N) is 2. The molecule has 0 unspecified atom stereocenters. The minimum atomic E-state index is -0.581. The summed E-state index contributed by atoms with van der Waals surface area (Å²) in [6.07, 6.45) is 1.72. The van der Waals surface area contributed by atoms with Crippen LogP contribution in [-0.2, 0) is 14.3 Å². The Balaban J connectivity index is 1.79. The normalized spacial score (nSPS) is 14.7. The molecule has 0 radical (unpaired) electrons. The second-order valence-corrected chi connectivity index (χ2v) is 8.22. The van der Waals surface area contributed by atoms with Gasteiger partial charge in [0.2, 0.25) is 0 Å². The number of halogens is 1. The Bertz CT molecular complexity index is 1350. The fourth-order valence-corrected chi connectivity index (χ4v) is 4.43. The van der Waals surface area contributed by atoms with Crippen molar-refractivity contribution in [3.63, 3.8) is 0 Å². The second-order valence-electron chi connectivity index (χ2n) is 8.22. The summed E-state index contributed by atoms with van der Waals surface area (Å²) in [6.45, 7) is 8.02. The highest BCUT2D eigenvalue weighted by atomic mass is 19.1. The van der Waals surface area contributed by atoms with Gasteiger partial charge in [-0.3, -0.25) is 9.69 Å². The topological polar surface area (TPSA) is 60.8 Å². The summed E-state index contributed by atoms with van der Waals surface area (Å²) < 4.78 is 25.9. The summed E-state index contributed by atoms with van der Waals surface area (Å²) in [4.78, 5) is 27.8. The molecule has 35 heavy (non-hydrogen) atoms. The van der Waals surface area contributed by atoms with Crippen LogP contribution in [0.3, 0.4) is 0 Å². The Morgan fingerprint density at radius 1 is 1.00 bits per heavy atom. The summed E-state index contributed by atoms with van der Waals surface area (Å²) in [5.41, 5.74) is 4.94. The van der Waals surface area contributed by atoms with Crippen molar-refractivity contribution in [3.05, 3.63) is 94.2 Å². The van der Waals surface area contributed by atoms with Gasteiger partial charge in [-0.05, 0) is 93.9 Å². The summed E-state index contributed by atoms with van der Waals surface area (Å²) in [7, 11) is 1.30. The van der Waals surface area contributed by atoms with Crippen molar-refractivity contribution in [2.24, 2.45) is 0 Å². The molecular weight excluding hydrogens is 447 g/mol. The van der Waals surface area contributed by atoms with Gasteiger partial charge in [-0.15, -0.1) is 0 Å². The van der Waals surface area contributed by atoms with Crippen LogP contribution < -0.4 is 9.64 Å². The van der Waals surface area contributed by atoms with Gasteiger partial charge in [0.1, 0.15) is 11.6 Å². The highest BCUT2D eigenvalue weighted by Gasteiger charge is 2.38. The summed E-state index contributed by atoms with van der Waals surface area (Å²) >= 11 is 0. The Morgan fingerprint density at radius 3 is 2.23 bits per heavy atom. The van der Waals surface area contributed by atoms with Crippen LogP contribution in [0.25, 0.3) is 11.8 Å². The molecule has 0 fully saturated rings. The van der Waals surface area contributed by atoms with Gasteiger partial charge in [0, 0.05) is 28.5 Å². The van der Waals surface area contributed by atoms with Gasteiger partial charge < -0.3 is 14.0 Å². The molecule has 6 nitrogen and oxygen atoms in total. The zero-order chi connectivity index (χ0) is 25.3. The molecule has 1 aliphatic rings. The monoisotopic (exact) mass is 474 g/mol. The van der Waals surface area contributed by atoms with Crippen LogP contribution in [0.15, 0.2) is 71.4 Å². The third-order valence-electron chi connectivity index (χ3n) is 6.05. The number of rotatable bonds is 6. The number of aromatic nitrogens is 1. The van der Waals surface area contributed by atoms with Crippen LogP contribution in [0.1, 0.15) is 30.8 Å². The molecule has 0 aliphatic carbocycles. The molecule has 1 aromatic heterocycles. The highest BCUT2D eigenvalue weighted by Crippen LogP contribution is 2.37. The number of anilines is 1. The first-order chi connectivity index (χ1) is 16.8.